The van der Waals surface area contributed by atoms with Crippen LogP contribution in [0, 0.1) is 0 Å². The zero-order valence-electron chi connectivity index (χ0n) is 16.2. The summed E-state index contributed by atoms with van der Waals surface area (Å²) in [4.78, 5) is 16.3. The first-order valence-corrected chi connectivity index (χ1v) is 8.89. The number of nitrogens with zero attached hydrogens (tertiary/aromatic N) is 3. The van der Waals surface area contributed by atoms with Gasteiger partial charge in [0.1, 0.15) is 12.7 Å². The number of para-hydroxylation sites is 1. The third-order valence-corrected chi connectivity index (χ3v) is 4.37. The predicted molar refractivity (Wildman–Crippen MR) is 103 cm³/mol. The second kappa shape index (κ2) is 8.85. The Morgan fingerprint density at radius 3 is 2.60 bits per heavy atom. The molecule has 0 unspecified atom stereocenters. The number of anilines is 1. The average molecular weight is 420 g/mol. The number of carbonyl (C=O) groups excluding carboxylic acids is 1. The summed E-state index contributed by atoms with van der Waals surface area (Å²) < 4.78 is 51.2. The lowest BCUT2D eigenvalue weighted by Gasteiger charge is -2.15. The van der Waals surface area contributed by atoms with Gasteiger partial charge in [0.2, 0.25) is 5.91 Å². The van der Waals surface area contributed by atoms with Crippen LogP contribution in [-0.4, -0.2) is 34.9 Å². The molecule has 0 saturated heterocycles. The van der Waals surface area contributed by atoms with Gasteiger partial charge in [0, 0.05) is 6.42 Å². The zero-order chi connectivity index (χ0) is 21.7. The Bertz CT molecular complexity index is 1020. The highest BCUT2D eigenvalue weighted by Crippen LogP contribution is 2.34. The number of halogens is 3. The molecule has 0 saturated carbocycles. The summed E-state index contributed by atoms with van der Waals surface area (Å²) in [6.07, 6.45) is -1.63. The van der Waals surface area contributed by atoms with E-state index in [4.69, 9.17) is 9.47 Å². The maximum atomic E-state index is 13.1. The molecule has 0 bridgehead atoms. The van der Waals surface area contributed by atoms with E-state index in [1.807, 2.05) is 0 Å². The summed E-state index contributed by atoms with van der Waals surface area (Å²) in [7, 11) is 3.00. The van der Waals surface area contributed by atoms with E-state index in [9.17, 15) is 18.0 Å². The van der Waals surface area contributed by atoms with Crippen LogP contribution in [0.1, 0.15) is 17.5 Å². The van der Waals surface area contributed by atoms with Crippen molar-refractivity contribution in [1.29, 1.82) is 0 Å². The first-order valence-electron chi connectivity index (χ1n) is 8.89. The van der Waals surface area contributed by atoms with Crippen LogP contribution < -0.4 is 14.8 Å². The number of ether oxygens (including phenoxy) is 2. The minimum Gasteiger partial charge on any atom is -0.493 e. The first kappa shape index (κ1) is 21.2. The summed E-state index contributed by atoms with van der Waals surface area (Å²) in [6.45, 7) is 0. The smallest absolute Gasteiger partial charge is 0.416 e. The molecule has 0 aliphatic heterocycles. The number of rotatable bonds is 7. The van der Waals surface area contributed by atoms with Crippen LogP contribution in [0.25, 0.3) is 5.69 Å². The molecule has 7 nitrogen and oxygen atoms in total. The molecule has 1 aromatic heterocycles. The lowest BCUT2D eigenvalue weighted by Crippen LogP contribution is -2.16. The van der Waals surface area contributed by atoms with E-state index in [0.29, 0.717) is 17.9 Å². The number of methoxy groups -OCH3 is 2. The molecule has 3 rings (SSSR count). The summed E-state index contributed by atoms with van der Waals surface area (Å²) in [5, 5.41) is 6.47. The van der Waals surface area contributed by atoms with Gasteiger partial charge in [-0.1, -0.05) is 12.1 Å². The Morgan fingerprint density at radius 1 is 1.17 bits per heavy atom. The van der Waals surface area contributed by atoms with E-state index in [1.54, 1.807) is 18.2 Å². The largest absolute Gasteiger partial charge is 0.493 e. The third kappa shape index (κ3) is 4.70. The molecule has 1 N–H and O–H groups in total. The van der Waals surface area contributed by atoms with Crippen LogP contribution in [0.3, 0.4) is 0 Å². The first-order chi connectivity index (χ1) is 14.3. The minimum absolute atomic E-state index is 0.0158. The van der Waals surface area contributed by atoms with Gasteiger partial charge < -0.3 is 14.8 Å². The number of aromatic nitrogens is 3. The average Bonchev–Trinajstić information content (AvgIpc) is 3.25. The second-order valence-electron chi connectivity index (χ2n) is 6.27. The van der Waals surface area contributed by atoms with Gasteiger partial charge in [0.25, 0.3) is 0 Å². The number of alkyl halides is 3. The van der Waals surface area contributed by atoms with E-state index in [2.05, 4.69) is 15.4 Å². The van der Waals surface area contributed by atoms with Crippen molar-refractivity contribution in [3.63, 3.8) is 0 Å². The number of hydrogen-bond donors (Lipinski definition) is 1. The van der Waals surface area contributed by atoms with Crippen molar-refractivity contribution in [2.24, 2.45) is 0 Å². The molecule has 30 heavy (non-hydrogen) atoms. The quantitative estimate of drug-likeness (QED) is 0.628. The van der Waals surface area contributed by atoms with Gasteiger partial charge in [-0.3, -0.25) is 4.79 Å². The topological polar surface area (TPSA) is 78.3 Å². The molecule has 0 fully saturated rings. The van der Waals surface area contributed by atoms with Gasteiger partial charge in [-0.05, 0) is 36.2 Å². The van der Waals surface area contributed by atoms with Crippen LogP contribution in [0.15, 0.2) is 49.1 Å². The fraction of sp³-hybridized carbons (Fsp3) is 0.250. The van der Waals surface area contributed by atoms with E-state index >= 15 is 0 Å². The molecule has 3 aromatic rings. The molecular formula is C20H19F3N4O3. The van der Waals surface area contributed by atoms with Gasteiger partial charge in [-0.15, -0.1) is 0 Å². The van der Waals surface area contributed by atoms with Crippen molar-refractivity contribution in [3.05, 3.63) is 60.2 Å². The fourth-order valence-corrected chi connectivity index (χ4v) is 2.96. The van der Waals surface area contributed by atoms with Crippen molar-refractivity contribution >= 4 is 11.6 Å². The molecule has 0 atom stereocenters. The molecule has 158 valence electrons. The molecule has 0 aliphatic rings. The molecule has 1 amide bonds. The molecule has 0 radical (unpaired) electrons. The monoisotopic (exact) mass is 420 g/mol. The normalized spacial score (nSPS) is 11.2. The van der Waals surface area contributed by atoms with Crippen molar-refractivity contribution in [2.75, 3.05) is 19.5 Å². The van der Waals surface area contributed by atoms with Crippen LogP contribution in [0.4, 0.5) is 18.9 Å². The van der Waals surface area contributed by atoms with E-state index in [1.165, 1.54) is 37.6 Å². The Balaban J connectivity index is 1.81. The van der Waals surface area contributed by atoms with Crippen molar-refractivity contribution in [2.45, 2.75) is 19.0 Å². The highest BCUT2D eigenvalue weighted by atomic mass is 19.4. The van der Waals surface area contributed by atoms with E-state index in [-0.39, 0.29) is 17.8 Å². The van der Waals surface area contributed by atoms with Crippen LogP contribution in [0.2, 0.25) is 0 Å². The molecule has 10 heteroatoms. The number of nitrogens with one attached hydrogen (secondary N) is 1. The van der Waals surface area contributed by atoms with Gasteiger partial charge in [0.15, 0.2) is 11.5 Å². The standard InChI is InChI=1S/C20H19F3N4O3/c1-29-17-5-3-4-13(19(17)30-2)6-9-18(28)26-15-10-14(20(21,22)23)7-8-16(15)27-12-24-11-25-27/h3-5,7-8,10-12H,6,9H2,1-2H3,(H,26,28). The second-order valence-corrected chi connectivity index (χ2v) is 6.27. The Hall–Kier alpha value is -3.56. The molecule has 0 aliphatic carbocycles. The lowest BCUT2D eigenvalue weighted by atomic mass is 10.1. The number of hydrogen-bond acceptors (Lipinski definition) is 5. The van der Waals surface area contributed by atoms with Gasteiger partial charge in [0.05, 0.1) is 31.2 Å². The van der Waals surface area contributed by atoms with Crippen LogP contribution >= 0.6 is 0 Å². The maximum Gasteiger partial charge on any atom is 0.416 e. The van der Waals surface area contributed by atoms with E-state index in [0.717, 1.165) is 17.7 Å². The predicted octanol–water partition coefficient (Wildman–Crippen LogP) is 3.87. The van der Waals surface area contributed by atoms with Crippen molar-refractivity contribution < 1.29 is 27.4 Å². The molecular weight excluding hydrogens is 401 g/mol. The third-order valence-electron chi connectivity index (χ3n) is 4.37. The highest BCUT2D eigenvalue weighted by Gasteiger charge is 2.31. The van der Waals surface area contributed by atoms with E-state index < -0.39 is 17.6 Å². The van der Waals surface area contributed by atoms with Gasteiger partial charge in [-0.2, -0.15) is 18.3 Å². The Kier molecular flexibility index (Phi) is 6.24. The van der Waals surface area contributed by atoms with Crippen LogP contribution in [-0.2, 0) is 17.4 Å². The Labute approximate surface area is 170 Å². The van der Waals surface area contributed by atoms with Gasteiger partial charge in [-0.25, -0.2) is 9.67 Å². The Morgan fingerprint density at radius 2 is 1.97 bits per heavy atom. The number of aryl methyl sites for hydroxylation is 1. The number of carbonyl (C=O) groups is 1. The number of amides is 1. The summed E-state index contributed by atoms with van der Waals surface area (Å²) >= 11 is 0. The maximum absolute atomic E-state index is 13.1. The minimum atomic E-state index is -4.55. The molecule has 2 aromatic carbocycles. The van der Waals surface area contributed by atoms with Crippen molar-refractivity contribution in [1.82, 2.24) is 14.8 Å². The van der Waals surface area contributed by atoms with Gasteiger partial charge >= 0.3 is 6.18 Å². The molecule has 0 spiro atoms. The number of benzene rings is 2. The van der Waals surface area contributed by atoms with Crippen LogP contribution in [0.5, 0.6) is 11.5 Å². The zero-order valence-corrected chi connectivity index (χ0v) is 16.2. The van der Waals surface area contributed by atoms with Crippen molar-refractivity contribution in [3.8, 4) is 17.2 Å². The molecule has 1 heterocycles. The lowest BCUT2D eigenvalue weighted by molar-refractivity contribution is -0.137. The summed E-state index contributed by atoms with van der Waals surface area (Å²) in [6, 6.07) is 8.33. The summed E-state index contributed by atoms with van der Waals surface area (Å²) in [5.74, 6) is 0.581. The highest BCUT2D eigenvalue weighted by molar-refractivity contribution is 5.93. The SMILES string of the molecule is COc1cccc(CCC(=O)Nc2cc(C(F)(F)F)ccc2-n2cncn2)c1OC. The summed E-state index contributed by atoms with van der Waals surface area (Å²) in [5.41, 5.74) is 0.120. The fourth-order valence-electron chi connectivity index (χ4n) is 2.96.